The molecule has 2 amide bonds. The molecule has 1 aliphatic heterocycles. The Morgan fingerprint density at radius 2 is 2.08 bits per heavy atom. The van der Waals surface area contributed by atoms with E-state index >= 15 is 0 Å². The number of hydrogen-bond donors (Lipinski definition) is 1. The van der Waals surface area contributed by atoms with Crippen molar-refractivity contribution >= 4 is 46.8 Å². The molecule has 6 nitrogen and oxygen atoms in total. The van der Waals surface area contributed by atoms with Crippen LogP contribution in [0.25, 0.3) is 6.08 Å². The molecule has 1 aliphatic rings. The molecule has 8 heteroatoms. The molecular weight excluding hydrogens is 364 g/mol. The van der Waals surface area contributed by atoms with Gasteiger partial charge in [0.25, 0.3) is 11.8 Å². The normalized spacial score (nSPS) is 16.0. The van der Waals surface area contributed by atoms with Gasteiger partial charge in [0, 0.05) is 12.6 Å². The molecule has 1 fully saturated rings. The zero-order valence-electron chi connectivity index (χ0n) is 13.8. The number of ether oxygens (including phenoxy) is 2. The van der Waals surface area contributed by atoms with Gasteiger partial charge in [0.2, 0.25) is 0 Å². The van der Waals surface area contributed by atoms with Gasteiger partial charge in [0.15, 0.2) is 16.6 Å². The summed E-state index contributed by atoms with van der Waals surface area (Å²) in [6, 6.07) is 3.18. The highest BCUT2D eigenvalue weighted by atomic mass is 35.5. The zero-order chi connectivity index (χ0) is 18.6. The van der Waals surface area contributed by atoms with Gasteiger partial charge in [-0.1, -0.05) is 17.7 Å². The van der Waals surface area contributed by atoms with Crippen molar-refractivity contribution in [1.29, 1.82) is 0 Å². The summed E-state index contributed by atoms with van der Waals surface area (Å²) in [5.41, 5.74) is 0.371. The largest absolute Gasteiger partial charge is 0.493 e. The standard InChI is InChI=1S/C17H17ClN2O4S/c1-4-6-20-16(22)11(15(21)19-17(20)25)7-10-8-13(23-3)14(24-5-2)9-12(10)18/h4,7-9H,1,5-6H2,2-3H3,(H,19,21,25)/b11-7+. The Bertz CT molecular complexity index is 776. The van der Waals surface area contributed by atoms with Crippen molar-refractivity contribution in [3.63, 3.8) is 0 Å². The predicted octanol–water partition coefficient (Wildman–Crippen LogP) is 2.56. The maximum absolute atomic E-state index is 12.5. The number of halogens is 1. The minimum absolute atomic E-state index is 0.0439. The lowest BCUT2D eigenvalue weighted by Gasteiger charge is -2.27. The van der Waals surface area contributed by atoms with Crippen LogP contribution in [-0.2, 0) is 9.59 Å². The van der Waals surface area contributed by atoms with Crippen LogP contribution < -0.4 is 14.8 Å². The van der Waals surface area contributed by atoms with Crippen molar-refractivity contribution in [2.45, 2.75) is 6.92 Å². The minimum Gasteiger partial charge on any atom is -0.493 e. The van der Waals surface area contributed by atoms with Crippen LogP contribution in [0.15, 0.2) is 30.4 Å². The van der Waals surface area contributed by atoms with Gasteiger partial charge in [0.05, 0.1) is 18.7 Å². The van der Waals surface area contributed by atoms with Crippen molar-refractivity contribution in [3.8, 4) is 11.5 Å². The van der Waals surface area contributed by atoms with E-state index in [9.17, 15) is 9.59 Å². The van der Waals surface area contributed by atoms with Crippen molar-refractivity contribution in [1.82, 2.24) is 10.2 Å². The maximum Gasteiger partial charge on any atom is 0.265 e. The van der Waals surface area contributed by atoms with Gasteiger partial charge >= 0.3 is 0 Å². The molecule has 0 aromatic heterocycles. The molecule has 1 heterocycles. The van der Waals surface area contributed by atoms with Gasteiger partial charge in [-0.25, -0.2) is 0 Å². The summed E-state index contributed by atoms with van der Waals surface area (Å²) in [6.45, 7) is 6.05. The fourth-order valence-electron chi connectivity index (χ4n) is 2.23. The third kappa shape index (κ3) is 4.00. The molecule has 132 valence electrons. The van der Waals surface area contributed by atoms with E-state index in [-0.39, 0.29) is 17.2 Å². The summed E-state index contributed by atoms with van der Waals surface area (Å²) < 4.78 is 10.7. The van der Waals surface area contributed by atoms with Crippen LogP contribution in [0.3, 0.4) is 0 Å². The summed E-state index contributed by atoms with van der Waals surface area (Å²) in [5, 5.41) is 2.84. The first-order chi connectivity index (χ1) is 11.9. The highest BCUT2D eigenvalue weighted by Gasteiger charge is 2.32. The van der Waals surface area contributed by atoms with E-state index < -0.39 is 11.8 Å². The number of thiocarbonyl (C=S) groups is 1. The minimum atomic E-state index is -0.584. The quantitative estimate of drug-likeness (QED) is 0.355. The summed E-state index contributed by atoms with van der Waals surface area (Å²) in [4.78, 5) is 25.9. The van der Waals surface area contributed by atoms with Crippen LogP contribution >= 0.6 is 23.8 Å². The van der Waals surface area contributed by atoms with Crippen molar-refractivity contribution in [2.24, 2.45) is 0 Å². The highest BCUT2D eigenvalue weighted by Crippen LogP contribution is 2.34. The number of carbonyl (C=O) groups is 2. The molecule has 0 radical (unpaired) electrons. The molecule has 25 heavy (non-hydrogen) atoms. The monoisotopic (exact) mass is 380 g/mol. The average Bonchev–Trinajstić information content (AvgIpc) is 2.57. The van der Waals surface area contributed by atoms with Gasteiger partial charge in [-0.15, -0.1) is 6.58 Å². The molecular formula is C17H17ClN2O4S. The van der Waals surface area contributed by atoms with Gasteiger partial charge in [-0.05, 0) is 36.8 Å². The number of amides is 2. The third-order valence-electron chi connectivity index (χ3n) is 3.38. The lowest BCUT2D eigenvalue weighted by Crippen LogP contribution is -2.53. The Labute approximate surface area is 156 Å². The number of nitrogens with one attached hydrogen (secondary N) is 1. The predicted molar refractivity (Wildman–Crippen MR) is 99.8 cm³/mol. The molecule has 1 saturated heterocycles. The van der Waals surface area contributed by atoms with E-state index in [1.165, 1.54) is 24.2 Å². The highest BCUT2D eigenvalue weighted by molar-refractivity contribution is 7.80. The van der Waals surface area contributed by atoms with Crippen LogP contribution in [0.2, 0.25) is 5.02 Å². The van der Waals surface area contributed by atoms with Crippen molar-refractivity contribution in [2.75, 3.05) is 20.3 Å². The smallest absolute Gasteiger partial charge is 0.265 e. The van der Waals surface area contributed by atoms with Crippen LogP contribution in [0, 0.1) is 0 Å². The molecule has 0 aliphatic carbocycles. The molecule has 0 spiro atoms. The summed E-state index contributed by atoms with van der Waals surface area (Å²) >= 11 is 11.3. The Morgan fingerprint density at radius 1 is 1.36 bits per heavy atom. The first-order valence-corrected chi connectivity index (χ1v) is 8.21. The van der Waals surface area contributed by atoms with Crippen LogP contribution in [0.1, 0.15) is 12.5 Å². The second-order valence-electron chi connectivity index (χ2n) is 4.98. The lowest BCUT2D eigenvalue weighted by atomic mass is 10.1. The molecule has 2 rings (SSSR count). The molecule has 0 atom stereocenters. The Kier molecular flexibility index (Phi) is 6.17. The first-order valence-electron chi connectivity index (χ1n) is 7.43. The molecule has 0 saturated carbocycles. The summed E-state index contributed by atoms with van der Waals surface area (Å²) in [7, 11) is 1.49. The van der Waals surface area contributed by atoms with Gasteiger partial charge in [-0.3, -0.25) is 19.8 Å². The molecule has 1 aromatic rings. The van der Waals surface area contributed by atoms with Gasteiger partial charge in [-0.2, -0.15) is 0 Å². The van der Waals surface area contributed by atoms with Gasteiger partial charge in [0.1, 0.15) is 5.57 Å². The average molecular weight is 381 g/mol. The lowest BCUT2D eigenvalue weighted by molar-refractivity contribution is -0.128. The van der Waals surface area contributed by atoms with Crippen molar-refractivity contribution < 1.29 is 19.1 Å². The van der Waals surface area contributed by atoms with Crippen LogP contribution in [0.4, 0.5) is 0 Å². The number of rotatable bonds is 6. The van der Waals surface area contributed by atoms with E-state index in [1.54, 1.807) is 12.1 Å². The Hall–Kier alpha value is -2.38. The van der Waals surface area contributed by atoms with Crippen LogP contribution in [-0.4, -0.2) is 42.1 Å². The van der Waals surface area contributed by atoms with Crippen molar-refractivity contribution in [3.05, 3.63) is 40.9 Å². The number of nitrogens with zero attached hydrogens (tertiary/aromatic N) is 1. The molecule has 1 aromatic carbocycles. The van der Waals surface area contributed by atoms with E-state index in [1.807, 2.05) is 6.92 Å². The maximum atomic E-state index is 12.5. The number of carbonyl (C=O) groups excluding carboxylic acids is 2. The topological polar surface area (TPSA) is 67.9 Å². The fraction of sp³-hybridized carbons (Fsp3) is 0.235. The number of methoxy groups -OCH3 is 1. The molecule has 0 unspecified atom stereocenters. The Balaban J connectivity index is 2.47. The van der Waals surface area contributed by atoms with Gasteiger partial charge < -0.3 is 9.47 Å². The number of benzene rings is 1. The SMILES string of the molecule is C=CCN1C(=O)/C(=C/c2cc(OC)c(OCC)cc2Cl)C(=O)NC1=S. The molecule has 0 bridgehead atoms. The van der Waals surface area contributed by atoms with E-state index in [2.05, 4.69) is 11.9 Å². The Morgan fingerprint density at radius 3 is 2.68 bits per heavy atom. The first kappa shape index (κ1) is 19.0. The van der Waals surface area contributed by atoms with Crippen LogP contribution in [0.5, 0.6) is 11.5 Å². The number of hydrogen-bond acceptors (Lipinski definition) is 5. The molecule has 1 N–H and O–H groups in total. The zero-order valence-corrected chi connectivity index (χ0v) is 15.4. The van der Waals surface area contributed by atoms with E-state index in [0.29, 0.717) is 28.7 Å². The fourth-order valence-corrected chi connectivity index (χ4v) is 2.69. The third-order valence-corrected chi connectivity index (χ3v) is 4.03. The second kappa shape index (κ2) is 8.13. The second-order valence-corrected chi connectivity index (χ2v) is 5.77. The summed E-state index contributed by atoms with van der Waals surface area (Å²) in [5.74, 6) is -0.178. The summed E-state index contributed by atoms with van der Waals surface area (Å²) in [6.07, 6.45) is 2.92. The van der Waals surface area contributed by atoms with E-state index in [0.717, 1.165) is 0 Å². The van der Waals surface area contributed by atoms with E-state index in [4.69, 9.17) is 33.3 Å².